The highest BCUT2D eigenvalue weighted by Gasteiger charge is 2.16. The first-order chi connectivity index (χ1) is 6.97. The number of carbonyl (C=O) groups is 1. The third kappa shape index (κ3) is 2.27. The number of nitrogens with zero attached hydrogens (tertiary/aromatic N) is 2. The maximum absolute atomic E-state index is 11.5. The number of carbonyl (C=O) groups excluding carboxylic acids is 1. The summed E-state index contributed by atoms with van der Waals surface area (Å²) < 4.78 is 6.42. The van der Waals surface area contributed by atoms with Crippen molar-refractivity contribution in [1.29, 1.82) is 0 Å². The van der Waals surface area contributed by atoms with Crippen LogP contribution >= 0.6 is 0 Å². The first kappa shape index (κ1) is 11.5. The van der Waals surface area contributed by atoms with Gasteiger partial charge in [-0.2, -0.15) is 5.10 Å². The third-order valence-corrected chi connectivity index (χ3v) is 2.23. The third-order valence-electron chi connectivity index (χ3n) is 2.23. The summed E-state index contributed by atoms with van der Waals surface area (Å²) in [5, 5.41) is 6.75. The molecule has 1 unspecified atom stereocenters. The molecule has 0 spiro atoms. The molecule has 0 aromatic carbocycles. The molecule has 15 heavy (non-hydrogen) atoms. The minimum Gasteiger partial charge on any atom is -0.394 e. The second kappa shape index (κ2) is 4.31. The fraction of sp³-hybridized carbons (Fsp3) is 0.556. The van der Waals surface area contributed by atoms with Crippen LogP contribution < -0.4 is 11.1 Å². The zero-order valence-corrected chi connectivity index (χ0v) is 9.37. The Morgan fingerprint density at radius 1 is 1.67 bits per heavy atom. The summed E-state index contributed by atoms with van der Waals surface area (Å²) >= 11 is 0. The Balaban J connectivity index is 2.85. The molecule has 1 heterocycles. The van der Waals surface area contributed by atoms with E-state index in [2.05, 4.69) is 10.4 Å². The number of hydrogen-bond acceptors (Lipinski definition) is 4. The molecule has 0 saturated carbocycles. The molecule has 0 aliphatic rings. The van der Waals surface area contributed by atoms with Gasteiger partial charge in [0.1, 0.15) is 6.10 Å². The van der Waals surface area contributed by atoms with Crippen LogP contribution in [0.25, 0.3) is 0 Å². The SMILES string of the molecule is COC(C)C(=O)Nc1c(N)c(C)nn1C. The highest BCUT2D eigenvalue weighted by atomic mass is 16.5. The number of nitrogens with one attached hydrogen (secondary N) is 1. The smallest absolute Gasteiger partial charge is 0.254 e. The Morgan fingerprint density at radius 2 is 2.27 bits per heavy atom. The first-order valence-corrected chi connectivity index (χ1v) is 4.60. The lowest BCUT2D eigenvalue weighted by Gasteiger charge is -2.10. The van der Waals surface area contributed by atoms with E-state index in [1.165, 1.54) is 11.8 Å². The molecule has 0 fully saturated rings. The van der Waals surface area contributed by atoms with E-state index in [-0.39, 0.29) is 5.91 Å². The second-order valence-corrected chi connectivity index (χ2v) is 3.34. The molecule has 1 aromatic heterocycles. The Kier molecular flexibility index (Phi) is 3.31. The molecule has 0 saturated heterocycles. The van der Waals surface area contributed by atoms with E-state index in [0.29, 0.717) is 17.2 Å². The van der Waals surface area contributed by atoms with E-state index in [4.69, 9.17) is 10.5 Å². The largest absolute Gasteiger partial charge is 0.394 e. The number of aromatic nitrogens is 2. The molecule has 6 nitrogen and oxygen atoms in total. The topological polar surface area (TPSA) is 82.2 Å². The molecule has 0 radical (unpaired) electrons. The summed E-state index contributed by atoms with van der Waals surface area (Å²) in [6, 6.07) is 0. The van der Waals surface area contributed by atoms with Gasteiger partial charge in [-0.15, -0.1) is 0 Å². The number of methoxy groups -OCH3 is 1. The monoisotopic (exact) mass is 212 g/mol. The van der Waals surface area contributed by atoms with Crippen LogP contribution in [0.3, 0.4) is 0 Å². The summed E-state index contributed by atoms with van der Waals surface area (Å²) in [7, 11) is 3.19. The summed E-state index contributed by atoms with van der Waals surface area (Å²) in [5.41, 5.74) is 6.93. The van der Waals surface area contributed by atoms with Crippen molar-refractivity contribution in [1.82, 2.24) is 9.78 Å². The molecule has 0 aliphatic carbocycles. The van der Waals surface area contributed by atoms with Crippen molar-refractivity contribution in [3.05, 3.63) is 5.69 Å². The van der Waals surface area contributed by atoms with Gasteiger partial charge in [-0.05, 0) is 13.8 Å². The lowest BCUT2D eigenvalue weighted by molar-refractivity contribution is -0.124. The molecule has 1 rings (SSSR count). The quantitative estimate of drug-likeness (QED) is 0.754. The number of ether oxygens (including phenoxy) is 1. The Morgan fingerprint density at radius 3 is 2.67 bits per heavy atom. The molecule has 84 valence electrons. The number of nitrogens with two attached hydrogens (primary N) is 1. The van der Waals surface area contributed by atoms with Crippen molar-refractivity contribution in [2.45, 2.75) is 20.0 Å². The number of rotatable bonds is 3. The normalized spacial score (nSPS) is 12.5. The van der Waals surface area contributed by atoms with Crippen LogP contribution in [0.15, 0.2) is 0 Å². The molecule has 6 heteroatoms. The van der Waals surface area contributed by atoms with E-state index < -0.39 is 6.10 Å². The van der Waals surface area contributed by atoms with Crippen molar-refractivity contribution < 1.29 is 9.53 Å². The summed E-state index contributed by atoms with van der Waals surface area (Å²) in [6.45, 7) is 3.44. The van der Waals surface area contributed by atoms with Crippen molar-refractivity contribution in [3.8, 4) is 0 Å². The van der Waals surface area contributed by atoms with E-state index in [9.17, 15) is 4.79 Å². The number of aryl methyl sites for hydroxylation is 2. The second-order valence-electron chi connectivity index (χ2n) is 3.34. The zero-order chi connectivity index (χ0) is 11.6. The van der Waals surface area contributed by atoms with Gasteiger partial charge in [0, 0.05) is 14.2 Å². The van der Waals surface area contributed by atoms with Gasteiger partial charge in [0.15, 0.2) is 5.82 Å². The van der Waals surface area contributed by atoms with Crippen LogP contribution in [0.4, 0.5) is 11.5 Å². The molecule has 3 N–H and O–H groups in total. The van der Waals surface area contributed by atoms with Gasteiger partial charge >= 0.3 is 0 Å². The Labute approximate surface area is 88.4 Å². The number of hydrogen-bond donors (Lipinski definition) is 2. The standard InChI is InChI=1S/C9H16N4O2/c1-5-7(10)8(13(3)12-5)11-9(14)6(2)15-4/h6H,10H2,1-4H3,(H,11,14). The number of anilines is 2. The molecular formula is C9H16N4O2. The van der Waals surface area contributed by atoms with Crippen LogP contribution in [-0.4, -0.2) is 28.9 Å². The lowest BCUT2D eigenvalue weighted by Crippen LogP contribution is -2.27. The van der Waals surface area contributed by atoms with Gasteiger partial charge < -0.3 is 15.8 Å². The van der Waals surface area contributed by atoms with E-state index in [0.717, 1.165) is 0 Å². The van der Waals surface area contributed by atoms with Crippen molar-refractivity contribution in [2.75, 3.05) is 18.2 Å². The van der Waals surface area contributed by atoms with Gasteiger partial charge in [0.2, 0.25) is 0 Å². The average Bonchev–Trinajstić information content (AvgIpc) is 2.43. The fourth-order valence-corrected chi connectivity index (χ4v) is 1.15. The van der Waals surface area contributed by atoms with Crippen molar-refractivity contribution >= 4 is 17.4 Å². The molecule has 1 aromatic rings. The minimum atomic E-state index is -0.514. The molecule has 0 aliphatic heterocycles. The van der Waals surface area contributed by atoms with Gasteiger partial charge in [0.25, 0.3) is 5.91 Å². The zero-order valence-electron chi connectivity index (χ0n) is 9.37. The molecule has 1 atom stereocenters. The van der Waals surface area contributed by atoms with Crippen LogP contribution in [0, 0.1) is 6.92 Å². The molecular weight excluding hydrogens is 196 g/mol. The highest BCUT2D eigenvalue weighted by Crippen LogP contribution is 2.20. The van der Waals surface area contributed by atoms with E-state index in [1.807, 2.05) is 0 Å². The van der Waals surface area contributed by atoms with E-state index >= 15 is 0 Å². The van der Waals surface area contributed by atoms with Gasteiger partial charge in [-0.3, -0.25) is 9.48 Å². The minimum absolute atomic E-state index is 0.243. The van der Waals surface area contributed by atoms with Crippen LogP contribution in [0.2, 0.25) is 0 Å². The summed E-state index contributed by atoms with van der Waals surface area (Å²) in [4.78, 5) is 11.5. The summed E-state index contributed by atoms with van der Waals surface area (Å²) in [6.07, 6.45) is -0.514. The van der Waals surface area contributed by atoms with E-state index in [1.54, 1.807) is 20.9 Å². The summed E-state index contributed by atoms with van der Waals surface area (Å²) in [5.74, 6) is 0.258. The maximum atomic E-state index is 11.5. The van der Waals surface area contributed by atoms with Gasteiger partial charge in [-0.25, -0.2) is 0 Å². The number of nitrogen functional groups attached to an aromatic ring is 1. The average molecular weight is 212 g/mol. The Bertz CT molecular complexity index is 372. The Hall–Kier alpha value is -1.56. The van der Waals surface area contributed by atoms with Crippen LogP contribution in [0.5, 0.6) is 0 Å². The lowest BCUT2D eigenvalue weighted by atomic mass is 10.3. The van der Waals surface area contributed by atoms with Crippen molar-refractivity contribution in [3.63, 3.8) is 0 Å². The predicted molar refractivity (Wildman–Crippen MR) is 57.5 cm³/mol. The first-order valence-electron chi connectivity index (χ1n) is 4.60. The molecule has 0 bridgehead atoms. The molecule has 1 amide bonds. The van der Waals surface area contributed by atoms with Gasteiger partial charge in [0.05, 0.1) is 11.4 Å². The van der Waals surface area contributed by atoms with Crippen molar-refractivity contribution in [2.24, 2.45) is 7.05 Å². The van der Waals surface area contributed by atoms with Gasteiger partial charge in [-0.1, -0.05) is 0 Å². The number of amides is 1. The predicted octanol–water partition coefficient (Wildman–Crippen LogP) is 0.284. The maximum Gasteiger partial charge on any atom is 0.254 e. The van der Waals surface area contributed by atoms with Crippen LogP contribution in [0.1, 0.15) is 12.6 Å². The highest BCUT2D eigenvalue weighted by molar-refractivity contribution is 5.95. The fourth-order valence-electron chi connectivity index (χ4n) is 1.15. The van der Waals surface area contributed by atoms with Crippen LogP contribution in [-0.2, 0) is 16.6 Å².